The van der Waals surface area contributed by atoms with Gasteiger partial charge < -0.3 is 14.5 Å². The molecule has 164 valence electrons. The van der Waals surface area contributed by atoms with Crippen molar-refractivity contribution < 1.29 is 17.6 Å². The maximum Gasteiger partial charge on any atom is 0.238 e. The van der Waals surface area contributed by atoms with E-state index in [1.165, 1.54) is 12.1 Å². The van der Waals surface area contributed by atoms with Gasteiger partial charge >= 0.3 is 0 Å². The highest BCUT2D eigenvalue weighted by atomic mass is 79.9. The van der Waals surface area contributed by atoms with Crippen molar-refractivity contribution in [1.82, 2.24) is 4.98 Å². The molecule has 1 aromatic heterocycles. The Kier molecular flexibility index (Phi) is 6.68. The third-order valence-corrected chi connectivity index (χ3v) is 7.22. The van der Waals surface area contributed by atoms with Crippen LogP contribution < -0.4 is 10.1 Å². The molecule has 0 unspecified atom stereocenters. The molecule has 0 fully saturated rings. The van der Waals surface area contributed by atoms with Crippen LogP contribution in [0.4, 0.5) is 11.6 Å². The molecule has 0 aliphatic rings. The lowest BCUT2D eigenvalue weighted by molar-refractivity contribution is 0.340. The van der Waals surface area contributed by atoms with Crippen molar-refractivity contribution in [3.63, 3.8) is 0 Å². The maximum absolute atomic E-state index is 13.4. The molecular formula is C23H18Br2N2O4S. The van der Waals surface area contributed by atoms with Gasteiger partial charge in [-0.1, -0.05) is 31.9 Å². The Bertz CT molecular complexity index is 1320. The number of benzene rings is 3. The van der Waals surface area contributed by atoms with E-state index < -0.39 is 9.84 Å². The van der Waals surface area contributed by atoms with Gasteiger partial charge in [-0.3, -0.25) is 0 Å². The lowest BCUT2D eigenvalue weighted by atomic mass is 10.2. The maximum atomic E-state index is 13.4. The number of oxazole rings is 1. The summed E-state index contributed by atoms with van der Waals surface area (Å²) in [7, 11) is -3.94. The van der Waals surface area contributed by atoms with E-state index in [4.69, 9.17) is 9.15 Å². The average Bonchev–Trinajstić information content (AvgIpc) is 3.21. The zero-order valence-corrected chi connectivity index (χ0v) is 20.9. The number of rotatable bonds is 7. The van der Waals surface area contributed by atoms with Crippen molar-refractivity contribution >= 4 is 53.3 Å². The van der Waals surface area contributed by atoms with Crippen LogP contribution in [0, 0.1) is 0 Å². The van der Waals surface area contributed by atoms with Crippen LogP contribution in [0.5, 0.6) is 5.75 Å². The van der Waals surface area contributed by atoms with E-state index >= 15 is 0 Å². The molecule has 0 bridgehead atoms. The molecule has 0 spiro atoms. The molecule has 0 aliphatic carbocycles. The molecule has 4 aromatic rings. The van der Waals surface area contributed by atoms with Gasteiger partial charge in [-0.2, -0.15) is 4.98 Å². The number of hydrogen-bond donors (Lipinski definition) is 1. The zero-order chi connectivity index (χ0) is 22.7. The molecule has 0 radical (unpaired) electrons. The Hall–Kier alpha value is -2.62. The Labute approximate surface area is 202 Å². The van der Waals surface area contributed by atoms with E-state index in [0.29, 0.717) is 23.6 Å². The third-order valence-electron chi connectivity index (χ3n) is 4.49. The lowest BCUT2D eigenvalue weighted by Gasteiger charge is -2.08. The molecule has 9 heteroatoms. The standard InChI is InChI=1S/C23H18Br2N2O4S/c1-2-30-19-11-9-18(10-12-19)26-22-23(32(28,29)20-13-7-17(25)8-14-20)27-21(31-22)15-3-5-16(24)6-4-15/h3-14,26H,2H2,1H3. The topological polar surface area (TPSA) is 81.4 Å². The van der Waals surface area contributed by atoms with Crippen LogP contribution in [0.3, 0.4) is 0 Å². The predicted octanol–water partition coefficient (Wildman–Crippen LogP) is 6.84. The van der Waals surface area contributed by atoms with Gasteiger partial charge in [-0.15, -0.1) is 0 Å². The van der Waals surface area contributed by atoms with E-state index in [1.54, 1.807) is 48.5 Å². The number of ether oxygens (including phenoxy) is 1. The van der Waals surface area contributed by atoms with Crippen LogP contribution in [-0.2, 0) is 9.84 Å². The third kappa shape index (κ3) is 4.90. The van der Waals surface area contributed by atoms with Crippen LogP contribution in [-0.4, -0.2) is 20.0 Å². The summed E-state index contributed by atoms with van der Waals surface area (Å²) < 4.78 is 39.8. The quantitative estimate of drug-likeness (QED) is 0.259. The summed E-state index contributed by atoms with van der Waals surface area (Å²) in [5, 5.41) is 2.86. The summed E-state index contributed by atoms with van der Waals surface area (Å²) in [4.78, 5) is 4.47. The Balaban J connectivity index is 1.78. The molecule has 3 aromatic carbocycles. The highest BCUT2D eigenvalue weighted by Gasteiger charge is 2.28. The van der Waals surface area contributed by atoms with Gasteiger partial charge in [-0.25, -0.2) is 8.42 Å². The van der Waals surface area contributed by atoms with E-state index in [-0.39, 0.29) is 21.7 Å². The van der Waals surface area contributed by atoms with Crippen LogP contribution in [0.25, 0.3) is 11.5 Å². The molecule has 0 amide bonds. The Morgan fingerprint density at radius 2 is 1.50 bits per heavy atom. The lowest BCUT2D eigenvalue weighted by Crippen LogP contribution is -2.05. The minimum Gasteiger partial charge on any atom is -0.494 e. The molecule has 0 saturated heterocycles. The fraction of sp³-hybridized carbons (Fsp3) is 0.0870. The normalized spacial score (nSPS) is 11.3. The largest absolute Gasteiger partial charge is 0.494 e. The van der Waals surface area contributed by atoms with Gasteiger partial charge in [0.1, 0.15) is 5.75 Å². The van der Waals surface area contributed by atoms with E-state index in [2.05, 4.69) is 42.2 Å². The zero-order valence-electron chi connectivity index (χ0n) is 16.9. The van der Waals surface area contributed by atoms with Crippen molar-refractivity contribution in [3.05, 3.63) is 81.7 Å². The molecule has 6 nitrogen and oxygen atoms in total. The smallest absolute Gasteiger partial charge is 0.238 e. The summed E-state index contributed by atoms with van der Waals surface area (Å²) in [6.45, 7) is 2.46. The first-order chi connectivity index (χ1) is 15.4. The first-order valence-corrected chi connectivity index (χ1v) is 12.7. The van der Waals surface area contributed by atoms with E-state index in [0.717, 1.165) is 8.95 Å². The summed E-state index contributed by atoms with van der Waals surface area (Å²) in [5.74, 6) is 0.950. The van der Waals surface area contributed by atoms with Crippen LogP contribution in [0.15, 0.2) is 96.1 Å². The van der Waals surface area contributed by atoms with Crippen LogP contribution in [0.1, 0.15) is 6.92 Å². The first kappa shape index (κ1) is 22.6. The molecule has 0 saturated carbocycles. The second-order valence-electron chi connectivity index (χ2n) is 6.70. The number of sulfone groups is 1. The summed E-state index contributed by atoms with van der Waals surface area (Å²) in [5.41, 5.74) is 1.29. The second-order valence-corrected chi connectivity index (χ2v) is 10.4. The number of aromatic nitrogens is 1. The van der Waals surface area contributed by atoms with Crippen molar-refractivity contribution in [2.45, 2.75) is 16.8 Å². The molecular weight excluding hydrogens is 560 g/mol. The first-order valence-electron chi connectivity index (χ1n) is 9.64. The fourth-order valence-corrected chi connectivity index (χ4v) is 4.73. The number of nitrogens with one attached hydrogen (secondary N) is 1. The Morgan fingerprint density at radius 1 is 0.906 bits per heavy atom. The SMILES string of the molecule is CCOc1ccc(Nc2oc(-c3ccc(Br)cc3)nc2S(=O)(=O)c2ccc(Br)cc2)cc1. The minimum atomic E-state index is -3.94. The summed E-state index contributed by atoms with van der Waals surface area (Å²) >= 11 is 6.72. The number of hydrogen-bond acceptors (Lipinski definition) is 6. The second kappa shape index (κ2) is 9.48. The molecule has 4 rings (SSSR count). The highest BCUT2D eigenvalue weighted by molar-refractivity contribution is 9.10. The molecule has 0 aliphatic heterocycles. The van der Waals surface area contributed by atoms with Crippen molar-refractivity contribution in [2.24, 2.45) is 0 Å². The van der Waals surface area contributed by atoms with Crippen LogP contribution >= 0.6 is 31.9 Å². The predicted molar refractivity (Wildman–Crippen MR) is 130 cm³/mol. The summed E-state index contributed by atoms with van der Waals surface area (Å²) in [6.07, 6.45) is 0. The summed E-state index contributed by atoms with van der Waals surface area (Å²) in [6, 6.07) is 20.8. The van der Waals surface area contributed by atoms with E-state index in [1.807, 2.05) is 19.1 Å². The van der Waals surface area contributed by atoms with Gasteiger partial charge in [0.2, 0.25) is 26.6 Å². The number of halogens is 2. The number of nitrogens with zero attached hydrogens (tertiary/aromatic N) is 1. The van der Waals surface area contributed by atoms with Gasteiger partial charge in [0.15, 0.2) is 0 Å². The van der Waals surface area contributed by atoms with Crippen molar-refractivity contribution in [1.29, 1.82) is 0 Å². The monoisotopic (exact) mass is 576 g/mol. The van der Waals surface area contributed by atoms with Crippen molar-refractivity contribution in [3.8, 4) is 17.2 Å². The molecule has 1 N–H and O–H groups in total. The molecule has 32 heavy (non-hydrogen) atoms. The van der Waals surface area contributed by atoms with Gasteiger partial charge in [0.05, 0.1) is 11.5 Å². The number of anilines is 2. The van der Waals surface area contributed by atoms with E-state index in [9.17, 15) is 8.42 Å². The fourth-order valence-electron chi connectivity index (χ4n) is 2.94. The van der Waals surface area contributed by atoms with Gasteiger partial charge in [-0.05, 0) is 79.7 Å². The minimum absolute atomic E-state index is 0.0370. The molecule has 0 atom stereocenters. The average molecular weight is 578 g/mol. The van der Waals surface area contributed by atoms with Crippen molar-refractivity contribution in [2.75, 3.05) is 11.9 Å². The van der Waals surface area contributed by atoms with Gasteiger partial charge in [0.25, 0.3) is 0 Å². The van der Waals surface area contributed by atoms with Crippen LogP contribution in [0.2, 0.25) is 0 Å². The van der Waals surface area contributed by atoms with Gasteiger partial charge in [0, 0.05) is 20.2 Å². The Morgan fingerprint density at radius 3 is 2.09 bits per heavy atom. The molecule has 1 heterocycles. The highest BCUT2D eigenvalue weighted by Crippen LogP contribution is 2.35.